The first-order valence-corrected chi connectivity index (χ1v) is 7.38. The molecule has 0 saturated heterocycles. The van der Waals surface area contributed by atoms with E-state index in [4.69, 9.17) is 5.11 Å². The molecule has 0 aliphatic heterocycles. The van der Waals surface area contributed by atoms with Crippen molar-refractivity contribution in [2.45, 2.75) is 25.7 Å². The summed E-state index contributed by atoms with van der Waals surface area (Å²) >= 11 is 3.42. The summed E-state index contributed by atoms with van der Waals surface area (Å²) in [6, 6.07) is 7.93. The van der Waals surface area contributed by atoms with Crippen LogP contribution in [0.4, 0.5) is 4.79 Å². The van der Waals surface area contributed by atoms with Crippen LogP contribution in [0, 0.1) is 0 Å². The Hall–Kier alpha value is -1.07. The first kappa shape index (κ1) is 16.0. The van der Waals surface area contributed by atoms with Crippen molar-refractivity contribution >= 4 is 22.0 Å². The van der Waals surface area contributed by atoms with E-state index in [0.29, 0.717) is 13.1 Å². The molecule has 0 spiro atoms. The highest BCUT2D eigenvalue weighted by Crippen LogP contribution is 2.11. The Balaban J connectivity index is 2.07. The fourth-order valence-corrected chi connectivity index (χ4v) is 2.14. The summed E-state index contributed by atoms with van der Waals surface area (Å²) in [5.41, 5.74) is 1.19. The minimum absolute atomic E-state index is 0.126. The topological polar surface area (TPSA) is 61.4 Å². The summed E-state index contributed by atoms with van der Waals surface area (Å²) in [6.45, 7) is 1.50. The Morgan fingerprint density at radius 2 is 1.95 bits per heavy atom. The van der Waals surface area contributed by atoms with E-state index < -0.39 is 0 Å². The smallest absolute Gasteiger partial charge is 0.314 e. The van der Waals surface area contributed by atoms with Crippen LogP contribution in [0.5, 0.6) is 0 Å². The van der Waals surface area contributed by atoms with Gasteiger partial charge < -0.3 is 15.7 Å². The second kappa shape index (κ2) is 9.81. The number of hydrogen-bond donors (Lipinski definition) is 3. The first-order chi connectivity index (χ1) is 9.22. The number of aliphatic hydroxyl groups is 1. The van der Waals surface area contributed by atoms with Crippen LogP contribution in [-0.4, -0.2) is 30.8 Å². The lowest BCUT2D eigenvalue weighted by Gasteiger charge is -2.07. The lowest BCUT2D eigenvalue weighted by Crippen LogP contribution is -2.37. The molecular formula is C14H21BrN2O2. The number of rotatable bonds is 8. The molecule has 0 bridgehead atoms. The van der Waals surface area contributed by atoms with E-state index in [9.17, 15) is 4.79 Å². The number of unbranched alkanes of at least 4 members (excludes halogenated alkanes) is 2. The van der Waals surface area contributed by atoms with Crippen LogP contribution in [0.15, 0.2) is 28.7 Å². The number of benzene rings is 1. The molecule has 1 aromatic carbocycles. The Morgan fingerprint density at radius 1 is 1.16 bits per heavy atom. The maximum atomic E-state index is 11.5. The predicted octanol–water partition coefficient (Wildman–Crippen LogP) is 2.45. The van der Waals surface area contributed by atoms with Crippen LogP contribution in [0.25, 0.3) is 0 Å². The molecule has 0 radical (unpaired) electrons. The molecule has 3 N–H and O–H groups in total. The molecule has 0 fully saturated rings. The van der Waals surface area contributed by atoms with Crippen molar-refractivity contribution in [2.24, 2.45) is 0 Å². The average Bonchev–Trinajstić information content (AvgIpc) is 2.38. The quantitative estimate of drug-likeness (QED) is 0.642. The summed E-state index contributed by atoms with van der Waals surface area (Å²) in [7, 11) is 0. The van der Waals surface area contributed by atoms with Crippen molar-refractivity contribution in [1.82, 2.24) is 10.6 Å². The van der Waals surface area contributed by atoms with Gasteiger partial charge in [0.2, 0.25) is 0 Å². The fourth-order valence-electron chi connectivity index (χ4n) is 1.69. The molecular weight excluding hydrogens is 308 g/mol. The molecule has 1 aromatic rings. The largest absolute Gasteiger partial charge is 0.396 e. The van der Waals surface area contributed by atoms with Gasteiger partial charge in [-0.1, -0.05) is 28.1 Å². The van der Waals surface area contributed by atoms with E-state index in [1.165, 1.54) is 5.56 Å². The number of hydrogen-bond acceptors (Lipinski definition) is 2. The molecule has 0 aliphatic rings. The summed E-state index contributed by atoms with van der Waals surface area (Å²) in [5.74, 6) is 0. The minimum atomic E-state index is -0.126. The third-order valence-corrected chi connectivity index (χ3v) is 3.20. The van der Waals surface area contributed by atoms with E-state index >= 15 is 0 Å². The highest BCUT2D eigenvalue weighted by Gasteiger charge is 1.99. The maximum Gasteiger partial charge on any atom is 0.314 e. The normalized spacial score (nSPS) is 10.2. The molecule has 0 atom stereocenters. The van der Waals surface area contributed by atoms with E-state index in [1.54, 1.807) is 0 Å². The third kappa shape index (κ3) is 7.85. The van der Waals surface area contributed by atoms with Crippen LogP contribution in [0.1, 0.15) is 24.8 Å². The van der Waals surface area contributed by atoms with Gasteiger partial charge in [0.05, 0.1) is 0 Å². The highest BCUT2D eigenvalue weighted by molar-refractivity contribution is 9.10. The third-order valence-electron chi connectivity index (χ3n) is 2.71. The zero-order valence-electron chi connectivity index (χ0n) is 11.0. The lowest BCUT2D eigenvalue weighted by atomic mass is 10.1. The first-order valence-electron chi connectivity index (χ1n) is 6.59. The molecule has 2 amide bonds. The van der Waals surface area contributed by atoms with Crippen molar-refractivity contribution in [3.05, 3.63) is 34.3 Å². The van der Waals surface area contributed by atoms with E-state index in [1.807, 2.05) is 18.2 Å². The number of aliphatic hydroxyl groups excluding tert-OH is 1. The van der Waals surface area contributed by atoms with E-state index in [2.05, 4.69) is 32.6 Å². The van der Waals surface area contributed by atoms with Gasteiger partial charge in [0.1, 0.15) is 0 Å². The van der Waals surface area contributed by atoms with Gasteiger partial charge in [-0.25, -0.2) is 4.79 Å². The number of carbonyl (C=O) groups is 1. The van der Waals surface area contributed by atoms with Gasteiger partial charge in [0.15, 0.2) is 0 Å². The second-order valence-electron chi connectivity index (χ2n) is 4.35. The Bertz CT molecular complexity index is 385. The molecule has 5 heteroatoms. The molecule has 0 aliphatic carbocycles. The molecule has 1 rings (SSSR count). The molecule has 106 valence electrons. The summed E-state index contributed by atoms with van der Waals surface area (Å²) in [5, 5.41) is 14.2. The van der Waals surface area contributed by atoms with Crippen molar-refractivity contribution in [3.63, 3.8) is 0 Å². The van der Waals surface area contributed by atoms with E-state index in [-0.39, 0.29) is 12.6 Å². The molecule has 0 heterocycles. The van der Waals surface area contributed by atoms with Crippen LogP contribution in [0.2, 0.25) is 0 Å². The lowest BCUT2D eigenvalue weighted by molar-refractivity contribution is 0.240. The zero-order chi connectivity index (χ0) is 13.9. The monoisotopic (exact) mass is 328 g/mol. The number of urea groups is 1. The van der Waals surface area contributed by atoms with Gasteiger partial charge in [0, 0.05) is 24.2 Å². The average molecular weight is 329 g/mol. The molecule has 19 heavy (non-hydrogen) atoms. The fraction of sp³-hybridized carbons (Fsp3) is 0.500. The molecule has 0 unspecified atom stereocenters. The SMILES string of the molecule is O=C(NCCCCCO)NCCc1cccc(Br)c1. The summed E-state index contributed by atoms with van der Waals surface area (Å²) in [6.07, 6.45) is 3.46. The summed E-state index contributed by atoms with van der Waals surface area (Å²) < 4.78 is 1.05. The van der Waals surface area contributed by atoms with Crippen LogP contribution in [0.3, 0.4) is 0 Å². The van der Waals surface area contributed by atoms with Gasteiger partial charge in [-0.05, 0) is 43.4 Å². The maximum absolute atomic E-state index is 11.5. The van der Waals surface area contributed by atoms with Gasteiger partial charge in [-0.15, -0.1) is 0 Å². The zero-order valence-corrected chi connectivity index (χ0v) is 12.6. The van der Waals surface area contributed by atoms with E-state index in [0.717, 1.165) is 30.2 Å². The number of carbonyl (C=O) groups excluding carboxylic acids is 1. The standard InChI is InChI=1S/C14H21BrN2O2/c15-13-6-4-5-12(11-13)7-9-17-14(19)16-8-2-1-3-10-18/h4-6,11,18H,1-3,7-10H2,(H2,16,17,19). The highest BCUT2D eigenvalue weighted by atomic mass is 79.9. The van der Waals surface area contributed by atoms with Crippen LogP contribution >= 0.6 is 15.9 Å². The van der Waals surface area contributed by atoms with Gasteiger partial charge in [0.25, 0.3) is 0 Å². The van der Waals surface area contributed by atoms with Crippen molar-refractivity contribution in [1.29, 1.82) is 0 Å². The predicted molar refractivity (Wildman–Crippen MR) is 80.2 cm³/mol. The number of nitrogens with one attached hydrogen (secondary N) is 2. The molecule has 0 aromatic heterocycles. The number of halogens is 1. The van der Waals surface area contributed by atoms with Crippen molar-refractivity contribution in [2.75, 3.05) is 19.7 Å². The van der Waals surface area contributed by atoms with Crippen LogP contribution in [-0.2, 0) is 6.42 Å². The van der Waals surface area contributed by atoms with Gasteiger partial charge >= 0.3 is 6.03 Å². The van der Waals surface area contributed by atoms with Gasteiger partial charge in [-0.2, -0.15) is 0 Å². The molecule has 4 nitrogen and oxygen atoms in total. The van der Waals surface area contributed by atoms with Crippen LogP contribution < -0.4 is 10.6 Å². The number of amides is 2. The van der Waals surface area contributed by atoms with Gasteiger partial charge in [-0.3, -0.25) is 0 Å². The summed E-state index contributed by atoms with van der Waals surface area (Å²) in [4.78, 5) is 11.5. The minimum Gasteiger partial charge on any atom is -0.396 e. The second-order valence-corrected chi connectivity index (χ2v) is 5.26. The Kier molecular flexibility index (Phi) is 8.25. The van der Waals surface area contributed by atoms with Crippen molar-refractivity contribution in [3.8, 4) is 0 Å². The van der Waals surface area contributed by atoms with Crippen molar-refractivity contribution < 1.29 is 9.90 Å². The Morgan fingerprint density at radius 3 is 2.68 bits per heavy atom. The molecule has 0 saturated carbocycles. The Labute approximate surface area is 122 Å².